The van der Waals surface area contributed by atoms with E-state index in [1.807, 2.05) is 27.7 Å². The van der Waals surface area contributed by atoms with Crippen LogP contribution in [-0.4, -0.2) is 62.8 Å². The van der Waals surface area contributed by atoms with Gasteiger partial charge < -0.3 is 28.1 Å². The van der Waals surface area contributed by atoms with Crippen LogP contribution in [0.3, 0.4) is 0 Å². The summed E-state index contributed by atoms with van der Waals surface area (Å²) in [6, 6.07) is 0. The van der Waals surface area contributed by atoms with E-state index in [1.165, 1.54) is 14.2 Å². The van der Waals surface area contributed by atoms with Gasteiger partial charge in [0.1, 0.15) is 0 Å². The zero-order valence-corrected chi connectivity index (χ0v) is 24.0. The van der Waals surface area contributed by atoms with E-state index < -0.39 is 28.6 Å². The first-order valence-electron chi connectivity index (χ1n) is 13.4. The molecule has 2 aliphatic heterocycles. The van der Waals surface area contributed by atoms with E-state index in [9.17, 15) is 9.59 Å². The van der Waals surface area contributed by atoms with E-state index >= 15 is 0 Å². The van der Waals surface area contributed by atoms with Crippen molar-refractivity contribution in [1.82, 2.24) is 0 Å². The minimum atomic E-state index is -1.26. The molecule has 1 saturated carbocycles. The Kier molecular flexibility index (Phi) is 8.38. The molecule has 2 heterocycles. The molecule has 2 saturated heterocycles. The molecule has 8 nitrogen and oxygen atoms in total. The second kappa shape index (κ2) is 10.2. The molecule has 0 aromatic carbocycles. The van der Waals surface area contributed by atoms with E-state index in [0.717, 1.165) is 25.6 Å². The number of methoxy groups -OCH3 is 2. The molecule has 3 aliphatic rings. The van der Waals surface area contributed by atoms with Crippen LogP contribution in [0.1, 0.15) is 87.5 Å². The number of carbonyl (C=O) groups excluding carboxylic acids is 2. The molecule has 0 aromatic rings. The lowest BCUT2D eigenvalue weighted by Crippen LogP contribution is -2.41. The van der Waals surface area contributed by atoms with Gasteiger partial charge in [-0.05, 0) is 92.7 Å². The van der Waals surface area contributed by atoms with Gasteiger partial charge >= 0.3 is 26.2 Å². The Morgan fingerprint density at radius 2 is 1.03 bits per heavy atom. The van der Waals surface area contributed by atoms with Gasteiger partial charge in [-0.1, -0.05) is 19.3 Å². The number of carbonyl (C=O) groups is 2. The van der Waals surface area contributed by atoms with Crippen molar-refractivity contribution >= 4 is 26.2 Å². The van der Waals surface area contributed by atoms with Crippen molar-refractivity contribution < 1.29 is 37.7 Å². The molecule has 2 atom stereocenters. The highest BCUT2D eigenvalue weighted by atomic mass is 16.7. The normalized spacial score (nSPS) is 29.4. The highest BCUT2D eigenvalue weighted by molar-refractivity contribution is 6.45. The SMILES string of the molecule is COC(=O)C1(C(=O)OC)C[C@H](CCCB2OC(C)(C)C(C)(C)O2)[C@@H](CCB2OC(C)(C)C(C)(C)O2)C1. The molecular formula is C26H46B2O8. The summed E-state index contributed by atoms with van der Waals surface area (Å²) in [5, 5.41) is 0. The largest absolute Gasteiger partial charge is 0.468 e. The Hall–Kier alpha value is -1.09. The topological polar surface area (TPSA) is 89.5 Å². The van der Waals surface area contributed by atoms with Crippen LogP contribution in [0.2, 0.25) is 12.6 Å². The van der Waals surface area contributed by atoms with Gasteiger partial charge in [-0.2, -0.15) is 0 Å². The molecule has 3 rings (SSSR count). The summed E-state index contributed by atoms with van der Waals surface area (Å²) in [6.07, 6.45) is 4.80. The van der Waals surface area contributed by atoms with Crippen molar-refractivity contribution in [3.8, 4) is 0 Å². The zero-order chi connectivity index (χ0) is 27.2. The second-order valence-corrected chi connectivity index (χ2v) is 12.9. The molecule has 3 fully saturated rings. The summed E-state index contributed by atoms with van der Waals surface area (Å²) < 4.78 is 34.9. The second-order valence-electron chi connectivity index (χ2n) is 12.9. The lowest BCUT2D eigenvalue weighted by Gasteiger charge is -2.32. The highest BCUT2D eigenvalue weighted by Crippen LogP contribution is 2.52. The van der Waals surface area contributed by atoms with Crippen LogP contribution in [-0.2, 0) is 37.7 Å². The number of rotatable bonds is 9. The van der Waals surface area contributed by atoms with E-state index in [-0.39, 0.29) is 37.3 Å². The first-order valence-corrected chi connectivity index (χ1v) is 13.4. The third-order valence-electron chi connectivity index (χ3n) is 9.43. The maximum Gasteiger partial charge on any atom is 0.457 e. The van der Waals surface area contributed by atoms with Crippen molar-refractivity contribution in [2.45, 2.75) is 123 Å². The van der Waals surface area contributed by atoms with Gasteiger partial charge in [0.15, 0.2) is 5.41 Å². The van der Waals surface area contributed by atoms with Crippen LogP contribution in [0.25, 0.3) is 0 Å². The molecule has 0 bridgehead atoms. The molecule has 1 aliphatic carbocycles. The van der Waals surface area contributed by atoms with Gasteiger partial charge in [0.25, 0.3) is 0 Å². The van der Waals surface area contributed by atoms with E-state index in [1.54, 1.807) is 0 Å². The average Bonchev–Trinajstić information content (AvgIpc) is 3.31. The molecule has 36 heavy (non-hydrogen) atoms. The summed E-state index contributed by atoms with van der Waals surface area (Å²) in [6.45, 7) is 16.4. The van der Waals surface area contributed by atoms with Gasteiger partial charge in [-0.25, -0.2) is 0 Å². The fourth-order valence-electron chi connectivity index (χ4n) is 5.86. The Morgan fingerprint density at radius 3 is 1.42 bits per heavy atom. The molecule has 0 N–H and O–H groups in total. The van der Waals surface area contributed by atoms with E-state index in [4.69, 9.17) is 28.1 Å². The summed E-state index contributed by atoms with van der Waals surface area (Å²) in [5.74, 6) is -0.722. The highest BCUT2D eigenvalue weighted by Gasteiger charge is 2.58. The predicted molar refractivity (Wildman–Crippen MR) is 138 cm³/mol. The Labute approximate surface area is 218 Å². The molecule has 0 amide bonds. The standard InChI is InChI=1S/C26H46B2O8/c1-22(2)23(3,4)34-27(33-22)14-11-12-18-16-26(20(29)31-9,21(30)32-10)17-19(18)13-15-28-35-24(5,6)25(7,8)36-28/h18-19H,11-17H2,1-10H3/t18-,19-/m0/s1. The quantitative estimate of drug-likeness (QED) is 0.252. The van der Waals surface area contributed by atoms with Crippen molar-refractivity contribution in [3.05, 3.63) is 0 Å². The van der Waals surface area contributed by atoms with Gasteiger partial charge in [0, 0.05) is 0 Å². The number of esters is 2. The Morgan fingerprint density at radius 1 is 0.667 bits per heavy atom. The van der Waals surface area contributed by atoms with Crippen molar-refractivity contribution in [2.75, 3.05) is 14.2 Å². The third-order valence-corrected chi connectivity index (χ3v) is 9.43. The minimum absolute atomic E-state index is 0.139. The maximum atomic E-state index is 12.9. The third kappa shape index (κ3) is 5.52. The predicted octanol–water partition coefficient (Wildman–Crippen LogP) is 4.70. The summed E-state index contributed by atoms with van der Waals surface area (Å²) in [7, 11) is 2.09. The van der Waals surface area contributed by atoms with Crippen molar-refractivity contribution in [3.63, 3.8) is 0 Å². The van der Waals surface area contributed by atoms with Crippen LogP contribution in [0.15, 0.2) is 0 Å². The van der Waals surface area contributed by atoms with Crippen LogP contribution in [0.5, 0.6) is 0 Å². The van der Waals surface area contributed by atoms with Crippen LogP contribution in [0.4, 0.5) is 0 Å². The van der Waals surface area contributed by atoms with Crippen LogP contribution < -0.4 is 0 Å². The van der Waals surface area contributed by atoms with Crippen LogP contribution >= 0.6 is 0 Å². The number of hydrogen-bond acceptors (Lipinski definition) is 8. The minimum Gasteiger partial charge on any atom is -0.468 e. The van der Waals surface area contributed by atoms with Crippen LogP contribution in [0, 0.1) is 17.3 Å². The Balaban J connectivity index is 1.68. The molecule has 0 unspecified atom stereocenters. The smallest absolute Gasteiger partial charge is 0.457 e. The summed E-state index contributed by atoms with van der Waals surface area (Å²) in [4.78, 5) is 25.7. The molecule has 0 aromatic heterocycles. The molecule has 204 valence electrons. The lowest BCUT2D eigenvalue weighted by atomic mass is 9.75. The average molecular weight is 508 g/mol. The monoisotopic (exact) mass is 508 g/mol. The Bertz CT molecular complexity index is 777. The maximum absolute atomic E-state index is 12.9. The number of hydrogen-bond donors (Lipinski definition) is 0. The first-order chi connectivity index (χ1) is 16.5. The van der Waals surface area contributed by atoms with Gasteiger partial charge in [-0.15, -0.1) is 0 Å². The van der Waals surface area contributed by atoms with E-state index in [0.29, 0.717) is 19.2 Å². The summed E-state index contributed by atoms with van der Waals surface area (Å²) >= 11 is 0. The molecule has 0 radical (unpaired) electrons. The zero-order valence-electron chi connectivity index (χ0n) is 24.0. The molecular weight excluding hydrogens is 462 g/mol. The van der Waals surface area contributed by atoms with Crippen molar-refractivity contribution in [2.24, 2.45) is 17.3 Å². The van der Waals surface area contributed by atoms with Crippen molar-refractivity contribution in [1.29, 1.82) is 0 Å². The van der Waals surface area contributed by atoms with Gasteiger partial charge in [0.2, 0.25) is 0 Å². The first kappa shape index (κ1) is 29.5. The fourth-order valence-corrected chi connectivity index (χ4v) is 5.86. The fraction of sp³-hybridized carbons (Fsp3) is 0.923. The van der Waals surface area contributed by atoms with Gasteiger partial charge in [-0.3, -0.25) is 9.59 Å². The molecule has 10 heteroatoms. The lowest BCUT2D eigenvalue weighted by molar-refractivity contribution is -0.169. The molecule has 0 spiro atoms. The number of ether oxygens (including phenoxy) is 2. The van der Waals surface area contributed by atoms with E-state index in [2.05, 4.69) is 27.7 Å². The summed E-state index contributed by atoms with van der Waals surface area (Å²) in [5.41, 5.74) is -2.77. The van der Waals surface area contributed by atoms with Gasteiger partial charge in [0.05, 0.1) is 36.6 Å².